The summed E-state index contributed by atoms with van der Waals surface area (Å²) < 4.78 is 18.3. The summed E-state index contributed by atoms with van der Waals surface area (Å²) in [5, 5.41) is 3.16. The molecule has 2 unspecified atom stereocenters. The van der Waals surface area contributed by atoms with E-state index in [1.807, 2.05) is 13.8 Å². The van der Waals surface area contributed by atoms with Crippen LogP contribution >= 0.6 is 0 Å². The van der Waals surface area contributed by atoms with Gasteiger partial charge in [-0.15, -0.1) is 0 Å². The summed E-state index contributed by atoms with van der Waals surface area (Å²) >= 11 is 0. The van der Waals surface area contributed by atoms with Crippen LogP contribution in [0, 0.1) is 5.82 Å². The van der Waals surface area contributed by atoms with Crippen molar-refractivity contribution in [2.24, 2.45) is 0 Å². The van der Waals surface area contributed by atoms with Crippen molar-refractivity contribution in [2.75, 3.05) is 7.11 Å². The number of rotatable bonds is 5. The lowest BCUT2D eigenvalue weighted by Crippen LogP contribution is -2.36. The third-order valence-electron chi connectivity index (χ3n) is 2.50. The minimum Gasteiger partial charge on any atom is -0.380 e. The highest BCUT2D eigenvalue weighted by atomic mass is 19.1. The van der Waals surface area contributed by atoms with Crippen LogP contribution in [0.25, 0.3) is 0 Å². The van der Waals surface area contributed by atoms with Crippen LogP contribution in [0.2, 0.25) is 0 Å². The second-order valence-corrected chi connectivity index (χ2v) is 3.54. The van der Waals surface area contributed by atoms with Crippen LogP contribution in [0.1, 0.15) is 19.5 Å². The number of aromatic nitrogens is 1. The Morgan fingerprint density at radius 3 is 2.87 bits per heavy atom. The zero-order valence-corrected chi connectivity index (χ0v) is 9.33. The van der Waals surface area contributed by atoms with Crippen molar-refractivity contribution in [3.8, 4) is 0 Å². The first-order valence-corrected chi connectivity index (χ1v) is 5.00. The fourth-order valence-corrected chi connectivity index (χ4v) is 1.18. The average molecular weight is 212 g/mol. The monoisotopic (exact) mass is 212 g/mol. The van der Waals surface area contributed by atoms with Crippen molar-refractivity contribution in [3.63, 3.8) is 0 Å². The minimum absolute atomic E-state index is 0.0942. The van der Waals surface area contributed by atoms with Crippen LogP contribution in [-0.4, -0.2) is 24.2 Å². The SMILES string of the molecule is COC(C)C(C)NCc1ncccc1F. The van der Waals surface area contributed by atoms with Gasteiger partial charge in [0.1, 0.15) is 5.82 Å². The molecule has 0 aliphatic rings. The predicted octanol–water partition coefficient (Wildman–Crippen LogP) is 1.73. The third-order valence-corrected chi connectivity index (χ3v) is 2.50. The third kappa shape index (κ3) is 3.57. The van der Waals surface area contributed by atoms with E-state index in [0.717, 1.165) is 0 Å². The Balaban J connectivity index is 2.47. The van der Waals surface area contributed by atoms with Crippen LogP contribution in [0.4, 0.5) is 4.39 Å². The molecule has 0 radical (unpaired) electrons. The smallest absolute Gasteiger partial charge is 0.146 e. The van der Waals surface area contributed by atoms with Gasteiger partial charge >= 0.3 is 0 Å². The van der Waals surface area contributed by atoms with Crippen LogP contribution < -0.4 is 5.32 Å². The maximum atomic E-state index is 13.2. The van der Waals surface area contributed by atoms with E-state index in [0.29, 0.717) is 12.2 Å². The van der Waals surface area contributed by atoms with Gasteiger partial charge in [-0.3, -0.25) is 4.98 Å². The maximum Gasteiger partial charge on any atom is 0.146 e. The summed E-state index contributed by atoms with van der Waals surface area (Å²) in [5.41, 5.74) is 0.438. The first-order valence-electron chi connectivity index (χ1n) is 5.00. The number of hydrogen-bond donors (Lipinski definition) is 1. The van der Waals surface area contributed by atoms with E-state index < -0.39 is 0 Å². The molecule has 0 bridgehead atoms. The highest BCUT2D eigenvalue weighted by Gasteiger charge is 2.11. The number of ether oxygens (including phenoxy) is 1. The van der Waals surface area contributed by atoms with E-state index in [2.05, 4.69) is 10.3 Å². The zero-order valence-electron chi connectivity index (χ0n) is 9.33. The summed E-state index contributed by atoms with van der Waals surface area (Å²) in [7, 11) is 1.66. The molecule has 4 heteroatoms. The van der Waals surface area contributed by atoms with Gasteiger partial charge in [-0.2, -0.15) is 0 Å². The van der Waals surface area contributed by atoms with Gasteiger partial charge in [-0.1, -0.05) is 0 Å². The molecular formula is C11H17FN2O. The van der Waals surface area contributed by atoms with Crippen LogP contribution in [0.15, 0.2) is 18.3 Å². The van der Waals surface area contributed by atoms with Gasteiger partial charge in [-0.25, -0.2) is 4.39 Å². The van der Waals surface area contributed by atoms with Gasteiger partial charge in [0, 0.05) is 25.9 Å². The summed E-state index contributed by atoms with van der Waals surface area (Å²) in [6.45, 7) is 4.38. The van der Waals surface area contributed by atoms with Crippen LogP contribution in [-0.2, 0) is 11.3 Å². The molecule has 84 valence electrons. The Morgan fingerprint density at radius 2 is 2.27 bits per heavy atom. The molecule has 0 saturated carbocycles. The Labute approximate surface area is 89.7 Å². The van der Waals surface area contributed by atoms with E-state index in [-0.39, 0.29) is 18.0 Å². The zero-order chi connectivity index (χ0) is 11.3. The highest BCUT2D eigenvalue weighted by molar-refractivity contribution is 5.06. The Hall–Kier alpha value is -1.00. The van der Waals surface area contributed by atoms with Gasteiger partial charge in [0.25, 0.3) is 0 Å². The van der Waals surface area contributed by atoms with Crippen molar-refractivity contribution in [1.29, 1.82) is 0 Å². The molecule has 0 aromatic carbocycles. The fraction of sp³-hybridized carbons (Fsp3) is 0.545. The molecule has 1 rings (SSSR count). The summed E-state index contributed by atoms with van der Waals surface area (Å²) in [6, 6.07) is 3.16. The van der Waals surface area contributed by atoms with Crippen molar-refractivity contribution in [2.45, 2.75) is 32.5 Å². The van der Waals surface area contributed by atoms with E-state index in [1.54, 1.807) is 19.4 Å². The lowest BCUT2D eigenvalue weighted by Gasteiger charge is -2.19. The maximum absolute atomic E-state index is 13.2. The van der Waals surface area contributed by atoms with Crippen LogP contribution in [0.5, 0.6) is 0 Å². The molecule has 0 aliphatic carbocycles. The number of halogens is 1. The number of nitrogens with one attached hydrogen (secondary N) is 1. The Morgan fingerprint density at radius 1 is 1.53 bits per heavy atom. The summed E-state index contributed by atoms with van der Waals surface area (Å²) in [5.74, 6) is -0.276. The van der Waals surface area contributed by atoms with E-state index in [1.165, 1.54) is 6.07 Å². The average Bonchev–Trinajstić information content (AvgIpc) is 2.26. The van der Waals surface area contributed by atoms with Crippen molar-refractivity contribution in [3.05, 3.63) is 29.8 Å². The number of hydrogen-bond acceptors (Lipinski definition) is 3. The molecule has 0 saturated heterocycles. The fourth-order valence-electron chi connectivity index (χ4n) is 1.18. The van der Waals surface area contributed by atoms with Gasteiger partial charge in [0.2, 0.25) is 0 Å². The Bertz CT molecular complexity index is 306. The lowest BCUT2D eigenvalue weighted by molar-refractivity contribution is 0.0880. The molecular weight excluding hydrogens is 195 g/mol. The van der Waals surface area contributed by atoms with Gasteiger partial charge in [0.15, 0.2) is 0 Å². The van der Waals surface area contributed by atoms with Gasteiger partial charge in [-0.05, 0) is 26.0 Å². The topological polar surface area (TPSA) is 34.1 Å². The number of pyridine rings is 1. The standard InChI is InChI=1S/C11H17FN2O/c1-8(9(2)15-3)14-7-11-10(12)5-4-6-13-11/h4-6,8-9,14H,7H2,1-3H3. The van der Waals surface area contributed by atoms with E-state index in [9.17, 15) is 4.39 Å². The highest BCUT2D eigenvalue weighted by Crippen LogP contribution is 2.03. The predicted molar refractivity (Wildman–Crippen MR) is 57.0 cm³/mol. The summed E-state index contributed by atoms with van der Waals surface area (Å²) in [6.07, 6.45) is 1.68. The quantitative estimate of drug-likeness (QED) is 0.807. The normalized spacial score (nSPS) is 14.9. The lowest BCUT2D eigenvalue weighted by atomic mass is 10.2. The number of methoxy groups -OCH3 is 1. The van der Waals surface area contributed by atoms with Crippen molar-refractivity contribution >= 4 is 0 Å². The molecule has 2 atom stereocenters. The van der Waals surface area contributed by atoms with Gasteiger partial charge < -0.3 is 10.1 Å². The molecule has 1 heterocycles. The van der Waals surface area contributed by atoms with E-state index >= 15 is 0 Å². The first kappa shape index (κ1) is 12.1. The van der Waals surface area contributed by atoms with Crippen molar-refractivity contribution < 1.29 is 9.13 Å². The second kappa shape index (κ2) is 5.78. The molecule has 3 nitrogen and oxygen atoms in total. The molecule has 0 spiro atoms. The minimum atomic E-state index is -0.276. The van der Waals surface area contributed by atoms with Crippen molar-refractivity contribution in [1.82, 2.24) is 10.3 Å². The van der Waals surface area contributed by atoms with Gasteiger partial charge in [0.05, 0.1) is 11.8 Å². The molecule has 1 N–H and O–H groups in total. The molecule has 15 heavy (non-hydrogen) atoms. The molecule has 0 aliphatic heterocycles. The Kier molecular flexibility index (Phi) is 4.65. The summed E-state index contributed by atoms with van der Waals surface area (Å²) in [4.78, 5) is 3.96. The van der Waals surface area contributed by atoms with Crippen LogP contribution in [0.3, 0.4) is 0 Å². The molecule has 0 amide bonds. The first-order chi connectivity index (χ1) is 7.15. The van der Waals surface area contributed by atoms with E-state index in [4.69, 9.17) is 4.74 Å². The molecule has 1 aromatic rings. The molecule has 1 aromatic heterocycles. The number of nitrogens with zero attached hydrogens (tertiary/aromatic N) is 1. The largest absolute Gasteiger partial charge is 0.380 e. The second-order valence-electron chi connectivity index (χ2n) is 3.54. The molecule has 0 fully saturated rings.